The monoisotopic (exact) mass is 338 g/mol. The molecule has 0 atom stereocenters. The standard InChI is InChI=1S/C9H15BrN4O3S/c1-13-9(8(10)11-12-13)18(16,17)14(5-6-15)7-3-2-4-7/h7,15H,2-6H2,1H3. The first-order chi connectivity index (χ1) is 8.48. The van der Waals surface area contributed by atoms with Crippen molar-refractivity contribution in [2.24, 2.45) is 7.05 Å². The summed E-state index contributed by atoms with van der Waals surface area (Å²) in [6.07, 6.45) is 2.69. The van der Waals surface area contributed by atoms with Crippen molar-refractivity contribution in [1.82, 2.24) is 19.3 Å². The molecule has 18 heavy (non-hydrogen) atoms. The van der Waals surface area contributed by atoms with Gasteiger partial charge in [0.05, 0.1) is 6.61 Å². The Morgan fingerprint density at radius 3 is 2.61 bits per heavy atom. The highest BCUT2D eigenvalue weighted by Crippen LogP contribution is 2.31. The van der Waals surface area contributed by atoms with E-state index < -0.39 is 10.0 Å². The van der Waals surface area contributed by atoms with Crippen molar-refractivity contribution >= 4 is 26.0 Å². The van der Waals surface area contributed by atoms with Gasteiger partial charge >= 0.3 is 0 Å². The highest BCUT2D eigenvalue weighted by atomic mass is 79.9. The van der Waals surface area contributed by atoms with Gasteiger partial charge in [0.15, 0.2) is 4.60 Å². The Kier molecular flexibility index (Phi) is 4.05. The minimum atomic E-state index is -3.68. The van der Waals surface area contributed by atoms with Gasteiger partial charge in [-0.2, -0.15) is 4.31 Å². The molecule has 0 aliphatic heterocycles. The summed E-state index contributed by atoms with van der Waals surface area (Å²) in [6.45, 7) is -0.0940. The van der Waals surface area contributed by atoms with Crippen LogP contribution in [0.4, 0.5) is 0 Å². The fourth-order valence-electron chi connectivity index (χ4n) is 1.98. The van der Waals surface area contributed by atoms with Gasteiger partial charge < -0.3 is 5.11 Å². The summed E-state index contributed by atoms with van der Waals surface area (Å²) in [5.74, 6) is 0. The quantitative estimate of drug-likeness (QED) is 0.823. The van der Waals surface area contributed by atoms with E-state index in [4.69, 9.17) is 5.11 Å². The van der Waals surface area contributed by atoms with Crippen molar-refractivity contribution in [3.05, 3.63) is 4.60 Å². The van der Waals surface area contributed by atoms with E-state index in [1.807, 2.05) is 0 Å². The predicted octanol–water partition coefficient (Wildman–Crippen LogP) is 0.113. The van der Waals surface area contributed by atoms with Gasteiger partial charge in [0.1, 0.15) is 0 Å². The smallest absolute Gasteiger partial charge is 0.263 e. The maximum Gasteiger partial charge on any atom is 0.263 e. The average molecular weight is 339 g/mol. The van der Waals surface area contributed by atoms with E-state index in [1.165, 1.54) is 16.0 Å². The minimum absolute atomic E-state index is 0.0241. The van der Waals surface area contributed by atoms with Gasteiger partial charge in [-0.1, -0.05) is 11.6 Å². The Morgan fingerprint density at radius 1 is 1.56 bits per heavy atom. The third kappa shape index (κ3) is 2.31. The zero-order valence-corrected chi connectivity index (χ0v) is 12.4. The van der Waals surface area contributed by atoms with Crippen molar-refractivity contribution in [3.8, 4) is 0 Å². The maximum absolute atomic E-state index is 12.5. The lowest BCUT2D eigenvalue weighted by Gasteiger charge is -2.35. The van der Waals surface area contributed by atoms with Crippen molar-refractivity contribution < 1.29 is 13.5 Å². The molecule has 0 unspecified atom stereocenters. The molecule has 1 aromatic rings. The maximum atomic E-state index is 12.5. The lowest BCUT2D eigenvalue weighted by atomic mass is 9.93. The predicted molar refractivity (Wildman–Crippen MR) is 67.3 cm³/mol. The fraction of sp³-hybridized carbons (Fsp3) is 0.778. The van der Waals surface area contributed by atoms with Gasteiger partial charge in [-0.05, 0) is 28.8 Å². The molecule has 1 saturated carbocycles. The molecule has 0 bridgehead atoms. The molecular weight excluding hydrogens is 324 g/mol. The van der Waals surface area contributed by atoms with E-state index in [0.717, 1.165) is 19.3 Å². The first-order valence-corrected chi connectivity index (χ1v) is 7.89. The summed E-state index contributed by atoms with van der Waals surface area (Å²) in [5.41, 5.74) is 0. The van der Waals surface area contributed by atoms with Gasteiger partial charge in [0, 0.05) is 19.6 Å². The number of halogens is 1. The molecule has 1 fully saturated rings. The third-order valence-corrected chi connectivity index (χ3v) is 5.93. The molecule has 1 heterocycles. The second-order valence-corrected chi connectivity index (χ2v) is 6.79. The Hall–Kier alpha value is -0.510. The average Bonchev–Trinajstić information content (AvgIpc) is 2.55. The van der Waals surface area contributed by atoms with Crippen LogP contribution in [-0.2, 0) is 17.1 Å². The highest BCUT2D eigenvalue weighted by molar-refractivity contribution is 9.10. The van der Waals surface area contributed by atoms with E-state index in [0.29, 0.717) is 0 Å². The normalized spacial score (nSPS) is 17.1. The first kappa shape index (κ1) is 13.9. The van der Waals surface area contributed by atoms with Crippen LogP contribution in [0.1, 0.15) is 19.3 Å². The van der Waals surface area contributed by atoms with Crippen LogP contribution in [-0.4, -0.2) is 52.0 Å². The molecule has 1 N–H and O–H groups in total. The van der Waals surface area contributed by atoms with Crippen LogP contribution in [0.2, 0.25) is 0 Å². The van der Waals surface area contributed by atoms with Gasteiger partial charge in [0.2, 0.25) is 5.03 Å². The van der Waals surface area contributed by atoms with Gasteiger partial charge in [-0.25, -0.2) is 13.1 Å². The molecule has 1 aliphatic rings. The zero-order valence-electron chi connectivity index (χ0n) is 9.95. The van der Waals surface area contributed by atoms with E-state index in [-0.39, 0.29) is 28.8 Å². The van der Waals surface area contributed by atoms with Crippen LogP contribution in [0.3, 0.4) is 0 Å². The summed E-state index contributed by atoms with van der Waals surface area (Å²) in [6, 6.07) is -0.0241. The molecule has 0 radical (unpaired) electrons. The number of aliphatic hydroxyl groups is 1. The molecule has 102 valence electrons. The third-order valence-electron chi connectivity index (χ3n) is 3.09. The topological polar surface area (TPSA) is 88.3 Å². The Morgan fingerprint density at radius 2 is 2.22 bits per heavy atom. The largest absolute Gasteiger partial charge is 0.395 e. The molecule has 0 spiro atoms. The minimum Gasteiger partial charge on any atom is -0.395 e. The van der Waals surface area contributed by atoms with Crippen molar-refractivity contribution in [3.63, 3.8) is 0 Å². The van der Waals surface area contributed by atoms with Crippen molar-refractivity contribution in [2.75, 3.05) is 13.2 Å². The molecule has 9 heteroatoms. The summed E-state index contributed by atoms with van der Waals surface area (Å²) < 4.78 is 27.9. The molecule has 2 rings (SSSR count). The van der Waals surface area contributed by atoms with Crippen LogP contribution in [0.15, 0.2) is 9.63 Å². The summed E-state index contributed by atoms with van der Waals surface area (Å²) in [4.78, 5) is 0. The van der Waals surface area contributed by atoms with E-state index >= 15 is 0 Å². The molecule has 1 aromatic heterocycles. The number of hydrogen-bond acceptors (Lipinski definition) is 5. The van der Waals surface area contributed by atoms with Crippen LogP contribution < -0.4 is 0 Å². The summed E-state index contributed by atoms with van der Waals surface area (Å²) >= 11 is 3.10. The Labute approximate surface area is 114 Å². The summed E-state index contributed by atoms with van der Waals surface area (Å²) in [7, 11) is -2.15. The molecular formula is C9H15BrN4O3S. The molecule has 1 aliphatic carbocycles. The lowest BCUT2D eigenvalue weighted by Crippen LogP contribution is -2.46. The van der Waals surface area contributed by atoms with Crippen LogP contribution in [0, 0.1) is 0 Å². The Balaban J connectivity index is 2.38. The molecule has 7 nitrogen and oxygen atoms in total. The number of aliphatic hydroxyl groups excluding tert-OH is 1. The van der Waals surface area contributed by atoms with Crippen molar-refractivity contribution in [2.45, 2.75) is 30.3 Å². The number of aryl methyl sites for hydroxylation is 1. The van der Waals surface area contributed by atoms with Gasteiger partial charge in [-0.3, -0.25) is 0 Å². The SMILES string of the molecule is Cn1nnc(Br)c1S(=O)(=O)N(CCO)C1CCC1. The van der Waals surface area contributed by atoms with Gasteiger partial charge in [0.25, 0.3) is 10.0 Å². The fourth-order valence-corrected chi connectivity index (χ4v) is 4.69. The summed E-state index contributed by atoms with van der Waals surface area (Å²) in [5, 5.41) is 16.4. The van der Waals surface area contributed by atoms with E-state index in [9.17, 15) is 8.42 Å². The molecule has 0 saturated heterocycles. The number of rotatable bonds is 5. The molecule has 0 amide bonds. The first-order valence-electron chi connectivity index (χ1n) is 5.66. The van der Waals surface area contributed by atoms with E-state index in [1.54, 1.807) is 0 Å². The number of nitrogens with zero attached hydrogens (tertiary/aromatic N) is 4. The number of hydrogen-bond donors (Lipinski definition) is 1. The Bertz CT molecular complexity index is 506. The number of aromatic nitrogens is 3. The second-order valence-electron chi connectivity index (χ2n) is 4.23. The van der Waals surface area contributed by atoms with Crippen LogP contribution in [0.5, 0.6) is 0 Å². The lowest BCUT2D eigenvalue weighted by molar-refractivity contribution is 0.177. The highest BCUT2D eigenvalue weighted by Gasteiger charge is 2.37. The van der Waals surface area contributed by atoms with Crippen molar-refractivity contribution in [1.29, 1.82) is 0 Å². The van der Waals surface area contributed by atoms with Crippen LogP contribution in [0.25, 0.3) is 0 Å². The van der Waals surface area contributed by atoms with Crippen LogP contribution >= 0.6 is 15.9 Å². The number of sulfonamides is 1. The molecule has 0 aromatic carbocycles. The second kappa shape index (κ2) is 5.24. The van der Waals surface area contributed by atoms with E-state index in [2.05, 4.69) is 26.2 Å². The zero-order chi connectivity index (χ0) is 13.3. The van der Waals surface area contributed by atoms with Gasteiger partial charge in [-0.15, -0.1) is 5.10 Å².